The quantitative estimate of drug-likeness (QED) is 0.559. The molecular formula is C26H32N6O4. The minimum atomic E-state index is -0.577. The number of nitrogens with one attached hydrogen (secondary N) is 1. The van der Waals surface area contributed by atoms with Crippen LogP contribution in [-0.2, 0) is 17.7 Å². The Morgan fingerprint density at radius 1 is 1.14 bits per heavy atom. The van der Waals surface area contributed by atoms with Crippen LogP contribution in [0.25, 0.3) is 11.5 Å². The molecule has 0 fully saturated rings. The highest BCUT2D eigenvalue weighted by Crippen LogP contribution is 2.29. The van der Waals surface area contributed by atoms with E-state index < -0.39 is 5.60 Å². The first kappa shape index (κ1) is 25.2. The van der Waals surface area contributed by atoms with Crippen LogP contribution in [0, 0.1) is 0 Å². The lowest BCUT2D eigenvalue weighted by molar-refractivity contribution is 0.0224. The van der Waals surface area contributed by atoms with E-state index in [-0.39, 0.29) is 18.0 Å². The lowest BCUT2D eigenvalue weighted by Gasteiger charge is -2.31. The fourth-order valence-corrected chi connectivity index (χ4v) is 4.03. The van der Waals surface area contributed by atoms with Gasteiger partial charge in [-0.05, 0) is 76.4 Å². The molecule has 0 aliphatic carbocycles. The van der Waals surface area contributed by atoms with Gasteiger partial charge in [0, 0.05) is 19.1 Å². The van der Waals surface area contributed by atoms with Crippen LogP contribution >= 0.6 is 0 Å². The second-order valence-electron chi connectivity index (χ2n) is 9.99. The SMILES string of the molecule is COc1cc2c(cc1C(=O)Nc1cccc(-c3nncn3C(C)C)n1)CN(C(=O)OC(C)(C)C)CC2. The van der Waals surface area contributed by atoms with E-state index in [0.717, 1.165) is 11.1 Å². The molecule has 1 aliphatic heterocycles. The Labute approximate surface area is 210 Å². The Kier molecular flexibility index (Phi) is 6.96. The number of benzene rings is 1. The van der Waals surface area contributed by atoms with Crippen molar-refractivity contribution in [2.75, 3.05) is 19.0 Å². The summed E-state index contributed by atoms with van der Waals surface area (Å²) in [7, 11) is 1.53. The third-order valence-corrected chi connectivity index (χ3v) is 5.78. The van der Waals surface area contributed by atoms with Crippen molar-refractivity contribution in [1.29, 1.82) is 0 Å². The number of anilines is 1. The largest absolute Gasteiger partial charge is 0.496 e. The Morgan fingerprint density at radius 3 is 2.61 bits per heavy atom. The second-order valence-corrected chi connectivity index (χ2v) is 9.99. The summed E-state index contributed by atoms with van der Waals surface area (Å²) in [6.07, 6.45) is 1.93. The van der Waals surface area contributed by atoms with Crippen LogP contribution in [0.1, 0.15) is 62.1 Å². The van der Waals surface area contributed by atoms with E-state index in [0.29, 0.717) is 48.2 Å². The highest BCUT2D eigenvalue weighted by Gasteiger charge is 2.27. The average molecular weight is 493 g/mol. The summed E-state index contributed by atoms with van der Waals surface area (Å²) in [4.78, 5) is 32.1. The highest BCUT2D eigenvalue weighted by molar-refractivity contribution is 6.06. The molecule has 4 rings (SSSR count). The van der Waals surface area contributed by atoms with Crippen LogP contribution in [0.2, 0.25) is 0 Å². The molecule has 10 heteroatoms. The summed E-state index contributed by atoms with van der Waals surface area (Å²) in [6, 6.07) is 9.15. The molecule has 2 aromatic heterocycles. The standard InChI is InChI=1S/C26H32N6O4/c1-16(2)32-15-27-30-23(32)20-8-7-9-22(28-20)29-24(33)19-12-18-14-31(25(34)36-26(3,4)5)11-10-17(18)13-21(19)35-6/h7-9,12-13,15-16H,10-11,14H2,1-6H3,(H,28,29,33). The molecule has 0 spiro atoms. The number of carbonyl (C=O) groups is 2. The lowest BCUT2D eigenvalue weighted by atomic mass is 9.96. The first-order chi connectivity index (χ1) is 17.1. The number of rotatable bonds is 5. The number of nitrogens with zero attached hydrogens (tertiary/aromatic N) is 5. The number of pyridine rings is 1. The number of hydrogen-bond donors (Lipinski definition) is 1. The van der Waals surface area contributed by atoms with Gasteiger partial charge in [-0.2, -0.15) is 0 Å². The van der Waals surface area contributed by atoms with E-state index in [1.54, 1.807) is 29.4 Å². The van der Waals surface area contributed by atoms with Crippen molar-refractivity contribution in [2.24, 2.45) is 0 Å². The van der Waals surface area contributed by atoms with Gasteiger partial charge >= 0.3 is 6.09 Å². The summed E-state index contributed by atoms with van der Waals surface area (Å²) < 4.78 is 13.0. The van der Waals surface area contributed by atoms with Gasteiger partial charge in [0.25, 0.3) is 5.91 Å². The Morgan fingerprint density at radius 2 is 1.92 bits per heavy atom. The van der Waals surface area contributed by atoms with Crippen LogP contribution in [0.4, 0.5) is 10.6 Å². The minimum Gasteiger partial charge on any atom is -0.496 e. The van der Waals surface area contributed by atoms with Crippen molar-refractivity contribution in [2.45, 2.75) is 59.2 Å². The fourth-order valence-electron chi connectivity index (χ4n) is 4.03. The summed E-state index contributed by atoms with van der Waals surface area (Å²) in [5.74, 6) is 1.10. The van der Waals surface area contributed by atoms with Gasteiger partial charge in [-0.1, -0.05) is 6.07 Å². The van der Waals surface area contributed by atoms with Crippen LogP contribution in [0.5, 0.6) is 5.75 Å². The molecule has 1 N–H and O–H groups in total. The lowest BCUT2D eigenvalue weighted by Crippen LogP contribution is -2.40. The highest BCUT2D eigenvalue weighted by atomic mass is 16.6. The number of aromatic nitrogens is 4. The number of methoxy groups -OCH3 is 1. The molecule has 1 aliphatic rings. The number of hydrogen-bond acceptors (Lipinski definition) is 7. The van der Waals surface area contributed by atoms with Crippen LogP contribution in [-0.4, -0.2) is 55.9 Å². The molecule has 0 unspecified atom stereocenters. The van der Waals surface area contributed by atoms with Gasteiger partial charge in [-0.25, -0.2) is 9.78 Å². The van der Waals surface area contributed by atoms with Crippen molar-refractivity contribution in [3.63, 3.8) is 0 Å². The summed E-state index contributed by atoms with van der Waals surface area (Å²) >= 11 is 0. The number of fused-ring (bicyclic) bond motifs is 1. The molecule has 190 valence electrons. The zero-order valence-electron chi connectivity index (χ0n) is 21.5. The predicted octanol–water partition coefficient (Wildman–Crippen LogP) is 4.48. The number of ether oxygens (including phenoxy) is 2. The predicted molar refractivity (Wildman–Crippen MR) is 135 cm³/mol. The zero-order chi connectivity index (χ0) is 26.0. The fraction of sp³-hybridized carbons (Fsp3) is 0.423. The van der Waals surface area contributed by atoms with E-state index in [4.69, 9.17) is 9.47 Å². The maximum atomic E-state index is 13.3. The molecule has 0 radical (unpaired) electrons. The molecule has 0 bridgehead atoms. The topological polar surface area (TPSA) is 111 Å². The van der Waals surface area contributed by atoms with Crippen molar-refractivity contribution >= 4 is 17.8 Å². The first-order valence-electron chi connectivity index (χ1n) is 11.9. The van der Waals surface area contributed by atoms with E-state index in [9.17, 15) is 9.59 Å². The van der Waals surface area contributed by atoms with Crippen LogP contribution in [0.3, 0.4) is 0 Å². The van der Waals surface area contributed by atoms with Gasteiger partial charge < -0.3 is 24.3 Å². The van der Waals surface area contributed by atoms with Gasteiger partial charge in [0.1, 0.15) is 29.2 Å². The van der Waals surface area contributed by atoms with Gasteiger partial charge in [0.2, 0.25) is 0 Å². The molecule has 0 saturated carbocycles. The van der Waals surface area contributed by atoms with Crippen LogP contribution in [0.15, 0.2) is 36.7 Å². The smallest absolute Gasteiger partial charge is 0.410 e. The van der Waals surface area contributed by atoms with Crippen LogP contribution < -0.4 is 10.1 Å². The molecule has 36 heavy (non-hydrogen) atoms. The molecule has 10 nitrogen and oxygen atoms in total. The number of carbonyl (C=O) groups excluding carboxylic acids is 2. The minimum absolute atomic E-state index is 0.162. The van der Waals surface area contributed by atoms with Crippen molar-refractivity contribution < 1.29 is 19.1 Å². The third-order valence-electron chi connectivity index (χ3n) is 5.78. The van der Waals surface area contributed by atoms with Gasteiger partial charge in [0.15, 0.2) is 5.82 Å². The average Bonchev–Trinajstić information content (AvgIpc) is 3.32. The van der Waals surface area contributed by atoms with E-state index in [1.165, 1.54) is 7.11 Å². The second kappa shape index (κ2) is 9.96. The number of amides is 2. The third kappa shape index (κ3) is 5.48. The molecule has 0 atom stereocenters. The van der Waals surface area contributed by atoms with Crippen molar-refractivity contribution in [3.05, 3.63) is 53.3 Å². The maximum Gasteiger partial charge on any atom is 0.410 e. The van der Waals surface area contributed by atoms with E-state index in [2.05, 4.69) is 20.5 Å². The molecule has 3 heterocycles. The van der Waals surface area contributed by atoms with Gasteiger partial charge in [-0.3, -0.25) is 4.79 Å². The monoisotopic (exact) mass is 492 g/mol. The molecular weight excluding hydrogens is 460 g/mol. The molecule has 3 aromatic rings. The molecule has 0 saturated heterocycles. The first-order valence-corrected chi connectivity index (χ1v) is 11.9. The normalized spacial score (nSPS) is 13.4. The zero-order valence-corrected chi connectivity index (χ0v) is 21.5. The van der Waals surface area contributed by atoms with Gasteiger partial charge in [0.05, 0.1) is 12.7 Å². The Hall–Kier alpha value is -3.95. The maximum absolute atomic E-state index is 13.3. The van der Waals surface area contributed by atoms with E-state index in [1.807, 2.05) is 51.3 Å². The van der Waals surface area contributed by atoms with Gasteiger partial charge in [-0.15, -0.1) is 10.2 Å². The van der Waals surface area contributed by atoms with Crippen molar-refractivity contribution in [1.82, 2.24) is 24.6 Å². The Balaban J connectivity index is 1.57. The van der Waals surface area contributed by atoms with Crippen molar-refractivity contribution in [3.8, 4) is 17.3 Å². The molecule has 2 amide bonds. The summed E-state index contributed by atoms with van der Waals surface area (Å²) in [6.45, 7) is 10.5. The molecule has 1 aromatic carbocycles. The summed E-state index contributed by atoms with van der Waals surface area (Å²) in [5, 5.41) is 11.0. The summed E-state index contributed by atoms with van der Waals surface area (Å²) in [5.41, 5.74) is 2.30. The van der Waals surface area contributed by atoms with E-state index >= 15 is 0 Å². The Bertz CT molecular complexity index is 1280.